The van der Waals surface area contributed by atoms with E-state index in [9.17, 15) is 9.59 Å². The van der Waals surface area contributed by atoms with Crippen LogP contribution in [0.15, 0.2) is 29.3 Å². The molecule has 4 rings (SSSR count). The molecule has 1 aromatic carbocycles. The molecule has 0 spiro atoms. The van der Waals surface area contributed by atoms with Gasteiger partial charge in [0.2, 0.25) is 5.91 Å². The number of thiophene rings is 1. The molecule has 0 saturated heterocycles. The number of benzene rings is 1. The number of hydrogen-bond acceptors (Lipinski definition) is 6. The van der Waals surface area contributed by atoms with Crippen LogP contribution in [0.4, 0.5) is 0 Å². The van der Waals surface area contributed by atoms with E-state index in [4.69, 9.17) is 9.47 Å². The monoisotopic (exact) mass is 427 g/mol. The number of hydrogen-bond donors (Lipinski definition) is 1. The maximum absolute atomic E-state index is 13.0. The minimum atomic E-state index is -0.628. The van der Waals surface area contributed by atoms with Gasteiger partial charge in [-0.3, -0.25) is 14.2 Å². The molecule has 1 atom stereocenters. The number of ether oxygens (including phenoxy) is 2. The van der Waals surface area contributed by atoms with E-state index in [0.717, 1.165) is 35.2 Å². The standard InChI is InChI=1S/C22H25N3O4S/c1-13(20(26)23-10-9-14-7-8-16(28-2)17(11-14)29-3)25-12-24-21-19(22(25)27)15-5-4-6-18(15)30-21/h7-8,11-13H,4-6,9-10H2,1-3H3,(H,23,26)/t13-/m1/s1. The number of fused-ring (bicyclic) bond motifs is 3. The molecular formula is C22H25N3O4S. The van der Waals surface area contributed by atoms with Gasteiger partial charge >= 0.3 is 0 Å². The average molecular weight is 428 g/mol. The van der Waals surface area contributed by atoms with Gasteiger partial charge in [-0.1, -0.05) is 6.07 Å². The Balaban J connectivity index is 1.44. The highest BCUT2D eigenvalue weighted by Crippen LogP contribution is 2.34. The van der Waals surface area contributed by atoms with E-state index in [1.165, 1.54) is 15.8 Å². The normalized spacial score (nSPS) is 13.8. The van der Waals surface area contributed by atoms with E-state index in [2.05, 4.69) is 10.3 Å². The molecule has 158 valence electrons. The molecule has 2 heterocycles. The quantitative estimate of drug-likeness (QED) is 0.627. The molecule has 2 aromatic heterocycles. The number of amides is 1. The van der Waals surface area contributed by atoms with Gasteiger partial charge in [-0.15, -0.1) is 11.3 Å². The topological polar surface area (TPSA) is 82.5 Å². The molecule has 0 fully saturated rings. The third-order valence-corrected chi connectivity index (χ3v) is 6.81. The first-order chi connectivity index (χ1) is 14.5. The van der Waals surface area contributed by atoms with E-state index in [1.807, 2.05) is 18.2 Å². The molecule has 8 heteroatoms. The second kappa shape index (κ2) is 8.47. The lowest BCUT2D eigenvalue weighted by Gasteiger charge is -2.15. The number of methoxy groups -OCH3 is 2. The van der Waals surface area contributed by atoms with Crippen LogP contribution in [-0.2, 0) is 24.1 Å². The molecule has 1 N–H and O–H groups in total. The summed E-state index contributed by atoms with van der Waals surface area (Å²) in [6, 6.07) is 5.06. The van der Waals surface area contributed by atoms with Crippen molar-refractivity contribution in [1.82, 2.24) is 14.9 Å². The van der Waals surface area contributed by atoms with Crippen molar-refractivity contribution in [2.24, 2.45) is 0 Å². The van der Waals surface area contributed by atoms with Crippen molar-refractivity contribution in [2.75, 3.05) is 20.8 Å². The van der Waals surface area contributed by atoms with E-state index in [1.54, 1.807) is 32.5 Å². The van der Waals surface area contributed by atoms with Crippen molar-refractivity contribution in [3.63, 3.8) is 0 Å². The first-order valence-electron chi connectivity index (χ1n) is 10.0. The van der Waals surface area contributed by atoms with Crippen LogP contribution in [0.3, 0.4) is 0 Å². The molecule has 1 amide bonds. The molecule has 1 aliphatic rings. The second-order valence-corrected chi connectivity index (χ2v) is 8.48. The zero-order valence-corrected chi connectivity index (χ0v) is 18.2. The highest BCUT2D eigenvalue weighted by molar-refractivity contribution is 7.18. The fraction of sp³-hybridized carbons (Fsp3) is 0.409. The summed E-state index contributed by atoms with van der Waals surface area (Å²) in [4.78, 5) is 32.2. The summed E-state index contributed by atoms with van der Waals surface area (Å²) in [6.07, 6.45) is 5.15. The maximum atomic E-state index is 13.0. The SMILES string of the molecule is COc1ccc(CCNC(=O)[C@@H](C)n2cnc3sc4c(c3c2=O)CCC4)cc1OC. The summed E-state index contributed by atoms with van der Waals surface area (Å²) in [5.41, 5.74) is 2.03. The van der Waals surface area contributed by atoms with Gasteiger partial charge in [-0.2, -0.15) is 0 Å². The molecule has 3 aromatic rings. The number of nitrogens with zero attached hydrogens (tertiary/aromatic N) is 2. The van der Waals surface area contributed by atoms with E-state index >= 15 is 0 Å². The highest BCUT2D eigenvalue weighted by Gasteiger charge is 2.24. The fourth-order valence-corrected chi connectivity index (χ4v) is 5.13. The van der Waals surface area contributed by atoms with Crippen molar-refractivity contribution in [2.45, 2.75) is 38.6 Å². The van der Waals surface area contributed by atoms with Gasteiger partial charge < -0.3 is 14.8 Å². The van der Waals surface area contributed by atoms with Crippen LogP contribution in [0.5, 0.6) is 11.5 Å². The third-order valence-electron chi connectivity index (χ3n) is 5.61. The maximum Gasteiger partial charge on any atom is 0.263 e. The van der Waals surface area contributed by atoms with Crippen molar-refractivity contribution < 1.29 is 14.3 Å². The van der Waals surface area contributed by atoms with Gasteiger partial charge in [0.25, 0.3) is 5.56 Å². The Hall–Kier alpha value is -2.87. The molecule has 0 unspecified atom stereocenters. The zero-order chi connectivity index (χ0) is 21.3. The summed E-state index contributed by atoms with van der Waals surface area (Å²) in [5.74, 6) is 1.12. The Bertz CT molecular complexity index is 1150. The summed E-state index contributed by atoms with van der Waals surface area (Å²) in [5, 5.41) is 3.62. The van der Waals surface area contributed by atoms with Gasteiger partial charge in [0.15, 0.2) is 11.5 Å². The Morgan fingerprint density at radius 1 is 1.27 bits per heavy atom. The van der Waals surface area contributed by atoms with E-state index < -0.39 is 6.04 Å². The fourth-order valence-electron chi connectivity index (χ4n) is 3.91. The number of rotatable bonds is 7. The largest absolute Gasteiger partial charge is 0.493 e. The van der Waals surface area contributed by atoms with Crippen LogP contribution < -0.4 is 20.3 Å². The molecule has 0 bridgehead atoms. The van der Waals surface area contributed by atoms with Crippen LogP contribution >= 0.6 is 11.3 Å². The van der Waals surface area contributed by atoms with Gasteiger partial charge in [0, 0.05) is 11.4 Å². The summed E-state index contributed by atoms with van der Waals surface area (Å²) >= 11 is 1.60. The molecule has 0 aliphatic heterocycles. The van der Waals surface area contributed by atoms with Crippen molar-refractivity contribution in [1.29, 1.82) is 0 Å². The van der Waals surface area contributed by atoms with E-state index in [0.29, 0.717) is 29.9 Å². The number of carbonyl (C=O) groups is 1. The van der Waals surface area contributed by atoms with Crippen LogP contribution in [0.1, 0.15) is 35.4 Å². The van der Waals surface area contributed by atoms with Gasteiger partial charge in [0.05, 0.1) is 25.9 Å². The number of nitrogens with one attached hydrogen (secondary N) is 1. The zero-order valence-electron chi connectivity index (χ0n) is 17.4. The second-order valence-electron chi connectivity index (χ2n) is 7.40. The molecule has 0 saturated carbocycles. The summed E-state index contributed by atoms with van der Waals surface area (Å²) in [6.45, 7) is 2.18. The molecule has 30 heavy (non-hydrogen) atoms. The van der Waals surface area contributed by atoms with Crippen LogP contribution in [0.25, 0.3) is 10.2 Å². The van der Waals surface area contributed by atoms with Gasteiger partial charge in [0.1, 0.15) is 10.9 Å². The number of aryl methyl sites for hydroxylation is 2. The Kier molecular flexibility index (Phi) is 5.76. The summed E-state index contributed by atoms with van der Waals surface area (Å²) < 4.78 is 12.0. The first kappa shape index (κ1) is 20.4. The first-order valence-corrected chi connectivity index (χ1v) is 10.8. The van der Waals surface area contributed by atoms with Crippen molar-refractivity contribution in [3.05, 3.63) is 50.9 Å². The third kappa shape index (κ3) is 3.67. The van der Waals surface area contributed by atoms with Crippen LogP contribution in [-0.4, -0.2) is 36.2 Å². The minimum absolute atomic E-state index is 0.123. The predicted molar refractivity (Wildman–Crippen MR) is 117 cm³/mol. The molecule has 7 nitrogen and oxygen atoms in total. The lowest BCUT2D eigenvalue weighted by Crippen LogP contribution is -2.36. The van der Waals surface area contributed by atoms with Crippen LogP contribution in [0, 0.1) is 0 Å². The number of aromatic nitrogens is 2. The predicted octanol–water partition coefficient (Wildman–Crippen LogP) is 2.88. The van der Waals surface area contributed by atoms with Crippen molar-refractivity contribution in [3.8, 4) is 11.5 Å². The lowest BCUT2D eigenvalue weighted by atomic mass is 10.1. The molecular weight excluding hydrogens is 402 g/mol. The Morgan fingerprint density at radius 3 is 2.83 bits per heavy atom. The smallest absolute Gasteiger partial charge is 0.263 e. The number of carbonyl (C=O) groups excluding carboxylic acids is 1. The van der Waals surface area contributed by atoms with Gasteiger partial charge in [-0.25, -0.2) is 4.98 Å². The van der Waals surface area contributed by atoms with Crippen molar-refractivity contribution >= 4 is 27.5 Å². The van der Waals surface area contributed by atoms with E-state index in [-0.39, 0.29) is 11.5 Å². The van der Waals surface area contributed by atoms with Gasteiger partial charge in [-0.05, 0) is 55.9 Å². The Morgan fingerprint density at radius 2 is 2.07 bits per heavy atom. The highest BCUT2D eigenvalue weighted by atomic mass is 32.1. The van der Waals surface area contributed by atoms with Crippen LogP contribution in [0.2, 0.25) is 0 Å². The average Bonchev–Trinajstić information content (AvgIpc) is 3.34. The Labute approximate surface area is 178 Å². The lowest BCUT2D eigenvalue weighted by molar-refractivity contribution is -0.123. The molecule has 0 radical (unpaired) electrons. The summed E-state index contributed by atoms with van der Waals surface area (Å²) in [7, 11) is 3.19. The minimum Gasteiger partial charge on any atom is -0.493 e. The molecule has 1 aliphatic carbocycles.